The van der Waals surface area contributed by atoms with Gasteiger partial charge in [-0.1, -0.05) is 17.3 Å². The minimum Gasteiger partial charge on any atom is -0.409 e. The highest BCUT2D eigenvalue weighted by Crippen LogP contribution is 2.05. The maximum atomic E-state index is 11.9. The number of H-pyrrole nitrogens is 1. The lowest BCUT2D eigenvalue weighted by Crippen LogP contribution is -2.24. The second kappa shape index (κ2) is 5.63. The second-order valence-corrected chi connectivity index (χ2v) is 3.68. The molecule has 1 aromatic heterocycles. The van der Waals surface area contributed by atoms with Gasteiger partial charge in [-0.05, 0) is 12.1 Å². The molecule has 0 saturated carbocycles. The van der Waals surface area contributed by atoms with E-state index in [4.69, 9.17) is 10.9 Å². The second-order valence-electron chi connectivity index (χ2n) is 3.68. The molecule has 1 aromatic carbocycles. The fraction of sp³-hybridized carbons (Fsp3) is 0.0909. The molecule has 5 N–H and O–H groups in total. The van der Waals surface area contributed by atoms with Crippen LogP contribution in [0, 0.1) is 0 Å². The summed E-state index contributed by atoms with van der Waals surface area (Å²) in [5.41, 5.74) is 6.33. The maximum Gasteiger partial charge on any atom is 0.251 e. The quantitative estimate of drug-likeness (QED) is 0.262. The minimum absolute atomic E-state index is 0.0510. The van der Waals surface area contributed by atoms with Gasteiger partial charge in [-0.2, -0.15) is 5.10 Å². The molecule has 1 heterocycles. The van der Waals surface area contributed by atoms with Crippen molar-refractivity contribution < 1.29 is 10.0 Å². The molecule has 0 aliphatic heterocycles. The van der Waals surface area contributed by atoms with Gasteiger partial charge in [0, 0.05) is 11.1 Å². The molecule has 0 unspecified atom stereocenters. The van der Waals surface area contributed by atoms with E-state index in [1.54, 1.807) is 18.2 Å². The molecule has 2 aromatic rings. The van der Waals surface area contributed by atoms with Crippen molar-refractivity contribution in [1.29, 1.82) is 0 Å². The van der Waals surface area contributed by atoms with Gasteiger partial charge in [-0.15, -0.1) is 0 Å². The first-order valence-electron chi connectivity index (χ1n) is 5.41. The summed E-state index contributed by atoms with van der Waals surface area (Å²) in [6.45, 7) is 0.243. The van der Waals surface area contributed by atoms with Crippen molar-refractivity contribution in [3.05, 3.63) is 47.5 Å². The Hall–Kier alpha value is -2.90. The van der Waals surface area contributed by atoms with Gasteiger partial charge >= 0.3 is 0 Å². The van der Waals surface area contributed by atoms with Crippen LogP contribution in [-0.4, -0.2) is 32.1 Å². The van der Waals surface area contributed by atoms with Crippen molar-refractivity contribution >= 4 is 11.7 Å². The number of oxime groups is 1. The predicted molar refractivity (Wildman–Crippen MR) is 66.5 cm³/mol. The zero-order chi connectivity index (χ0) is 13.7. The Balaban J connectivity index is 2.07. The Morgan fingerprint density at radius 1 is 1.47 bits per heavy atom. The number of nitrogens with zero attached hydrogens (tertiary/aromatic N) is 3. The lowest BCUT2D eigenvalue weighted by Gasteiger charge is -2.05. The van der Waals surface area contributed by atoms with E-state index in [0.29, 0.717) is 17.0 Å². The molecule has 0 radical (unpaired) electrons. The number of amidine groups is 1. The summed E-state index contributed by atoms with van der Waals surface area (Å²) < 4.78 is 0. The van der Waals surface area contributed by atoms with Gasteiger partial charge in [0.1, 0.15) is 12.2 Å². The van der Waals surface area contributed by atoms with Crippen LogP contribution in [0.25, 0.3) is 0 Å². The monoisotopic (exact) mass is 260 g/mol. The molecule has 0 aliphatic rings. The van der Waals surface area contributed by atoms with Crippen molar-refractivity contribution in [2.75, 3.05) is 0 Å². The van der Waals surface area contributed by atoms with Crippen LogP contribution in [0.3, 0.4) is 0 Å². The first-order chi connectivity index (χ1) is 9.20. The van der Waals surface area contributed by atoms with Crippen molar-refractivity contribution in [3.63, 3.8) is 0 Å². The summed E-state index contributed by atoms with van der Waals surface area (Å²) in [4.78, 5) is 15.8. The number of nitrogens with two attached hydrogens (primary N) is 1. The van der Waals surface area contributed by atoms with Crippen LogP contribution in [0.4, 0.5) is 0 Å². The smallest absolute Gasteiger partial charge is 0.251 e. The van der Waals surface area contributed by atoms with Gasteiger partial charge in [0.2, 0.25) is 0 Å². The van der Waals surface area contributed by atoms with Gasteiger partial charge in [-0.3, -0.25) is 9.89 Å². The van der Waals surface area contributed by atoms with E-state index in [1.165, 1.54) is 12.4 Å². The molecule has 0 fully saturated rings. The Bertz CT molecular complexity index is 593. The summed E-state index contributed by atoms with van der Waals surface area (Å²) in [6, 6.07) is 6.45. The van der Waals surface area contributed by atoms with E-state index in [-0.39, 0.29) is 18.3 Å². The molecule has 0 spiro atoms. The first kappa shape index (κ1) is 12.6. The maximum absolute atomic E-state index is 11.9. The van der Waals surface area contributed by atoms with E-state index >= 15 is 0 Å². The number of nitrogens with one attached hydrogen (secondary N) is 2. The van der Waals surface area contributed by atoms with E-state index in [0.717, 1.165) is 0 Å². The molecular weight excluding hydrogens is 248 g/mol. The molecule has 0 aliphatic carbocycles. The summed E-state index contributed by atoms with van der Waals surface area (Å²) in [5, 5.41) is 20.5. The van der Waals surface area contributed by atoms with E-state index in [9.17, 15) is 4.79 Å². The van der Waals surface area contributed by atoms with Gasteiger partial charge in [-0.25, -0.2) is 4.98 Å². The highest BCUT2D eigenvalue weighted by atomic mass is 16.4. The SMILES string of the molecule is NC(=NO)c1cccc(C(=O)NCc2ncn[nH]2)c1. The summed E-state index contributed by atoms with van der Waals surface area (Å²) in [5.74, 6) is 0.217. The third-order valence-electron chi connectivity index (χ3n) is 2.41. The van der Waals surface area contributed by atoms with Crippen molar-refractivity contribution in [1.82, 2.24) is 20.5 Å². The fourth-order valence-corrected chi connectivity index (χ4v) is 1.46. The number of benzene rings is 1. The lowest BCUT2D eigenvalue weighted by atomic mass is 10.1. The van der Waals surface area contributed by atoms with Gasteiger partial charge in [0.15, 0.2) is 5.84 Å². The number of aromatic nitrogens is 3. The molecule has 8 heteroatoms. The van der Waals surface area contributed by atoms with E-state index in [1.807, 2.05) is 0 Å². The number of hydrogen-bond donors (Lipinski definition) is 4. The lowest BCUT2D eigenvalue weighted by molar-refractivity contribution is 0.0950. The van der Waals surface area contributed by atoms with Crippen molar-refractivity contribution in [2.45, 2.75) is 6.54 Å². The van der Waals surface area contributed by atoms with Crippen LogP contribution in [0.1, 0.15) is 21.7 Å². The zero-order valence-corrected chi connectivity index (χ0v) is 9.87. The number of carbonyl (C=O) groups excluding carboxylic acids is 1. The Morgan fingerprint density at radius 2 is 2.26 bits per heavy atom. The summed E-state index contributed by atoms with van der Waals surface area (Å²) >= 11 is 0. The molecule has 8 nitrogen and oxygen atoms in total. The predicted octanol–water partition coefficient (Wildman–Crippen LogP) is -0.171. The average molecular weight is 260 g/mol. The third kappa shape index (κ3) is 3.06. The van der Waals surface area contributed by atoms with Crippen molar-refractivity contribution in [3.8, 4) is 0 Å². The van der Waals surface area contributed by atoms with Crippen LogP contribution in [0.15, 0.2) is 35.7 Å². The zero-order valence-electron chi connectivity index (χ0n) is 9.87. The largest absolute Gasteiger partial charge is 0.409 e. The van der Waals surface area contributed by atoms with Gasteiger partial charge in [0.25, 0.3) is 5.91 Å². The third-order valence-corrected chi connectivity index (χ3v) is 2.41. The summed E-state index contributed by atoms with van der Waals surface area (Å²) in [6.07, 6.45) is 1.36. The summed E-state index contributed by atoms with van der Waals surface area (Å²) in [7, 11) is 0. The molecule has 0 atom stereocenters. The number of amides is 1. The molecule has 98 valence electrons. The van der Waals surface area contributed by atoms with Crippen LogP contribution < -0.4 is 11.1 Å². The Morgan fingerprint density at radius 3 is 2.95 bits per heavy atom. The molecular formula is C11H12N6O2. The molecule has 0 saturated heterocycles. The Labute approximate surface area is 108 Å². The van der Waals surface area contributed by atoms with Gasteiger partial charge in [0.05, 0.1) is 6.54 Å². The topological polar surface area (TPSA) is 129 Å². The van der Waals surface area contributed by atoms with Gasteiger partial charge < -0.3 is 16.3 Å². The number of rotatable bonds is 4. The van der Waals surface area contributed by atoms with Crippen LogP contribution in [-0.2, 0) is 6.54 Å². The minimum atomic E-state index is -0.288. The fourth-order valence-electron chi connectivity index (χ4n) is 1.46. The molecule has 1 amide bonds. The first-order valence-corrected chi connectivity index (χ1v) is 5.41. The van der Waals surface area contributed by atoms with Crippen molar-refractivity contribution in [2.24, 2.45) is 10.9 Å². The normalized spacial score (nSPS) is 11.3. The number of carbonyl (C=O) groups is 1. The average Bonchev–Trinajstić information content (AvgIpc) is 2.97. The van der Waals surface area contributed by atoms with E-state index in [2.05, 4.69) is 25.7 Å². The number of aromatic amines is 1. The number of hydrogen-bond acceptors (Lipinski definition) is 5. The molecule has 2 rings (SSSR count). The standard InChI is InChI=1S/C11H12N6O2/c12-10(17-19)7-2-1-3-8(4-7)11(18)13-5-9-14-6-15-16-9/h1-4,6,19H,5H2,(H2,12,17)(H,13,18)(H,14,15,16). The molecule has 0 bridgehead atoms. The van der Waals surface area contributed by atoms with Crippen LogP contribution >= 0.6 is 0 Å². The highest BCUT2D eigenvalue weighted by Gasteiger charge is 2.08. The molecule has 19 heavy (non-hydrogen) atoms. The van der Waals surface area contributed by atoms with E-state index < -0.39 is 0 Å². The van der Waals surface area contributed by atoms with Crippen LogP contribution in [0.2, 0.25) is 0 Å². The van der Waals surface area contributed by atoms with Crippen LogP contribution in [0.5, 0.6) is 0 Å². The highest BCUT2D eigenvalue weighted by molar-refractivity contribution is 6.01. The Kier molecular flexibility index (Phi) is 3.72.